The third kappa shape index (κ3) is 5.38. The quantitative estimate of drug-likeness (QED) is 0.802. The van der Waals surface area contributed by atoms with Crippen LogP contribution < -0.4 is 10.6 Å². The van der Waals surface area contributed by atoms with Gasteiger partial charge in [-0.05, 0) is 51.0 Å². The van der Waals surface area contributed by atoms with Crippen LogP contribution in [0.1, 0.15) is 25.7 Å². The molecule has 1 heterocycles. The van der Waals surface area contributed by atoms with Gasteiger partial charge in [-0.2, -0.15) is 0 Å². The van der Waals surface area contributed by atoms with Crippen molar-refractivity contribution in [3.63, 3.8) is 0 Å². The highest BCUT2D eigenvalue weighted by Crippen LogP contribution is 2.29. The molecule has 2 amide bonds. The highest BCUT2D eigenvalue weighted by atomic mass is 35.5. The lowest BCUT2D eigenvalue weighted by molar-refractivity contribution is 0.224. The molecule has 1 aliphatic rings. The molecule has 2 rings (SSSR count). The number of rotatable bonds is 5. The molecule has 21 heavy (non-hydrogen) atoms. The van der Waals surface area contributed by atoms with Crippen LogP contribution in [0, 0.1) is 0 Å². The van der Waals surface area contributed by atoms with E-state index in [-0.39, 0.29) is 6.03 Å². The summed E-state index contributed by atoms with van der Waals surface area (Å²) in [6, 6.07) is 4.91. The van der Waals surface area contributed by atoms with Crippen molar-refractivity contribution in [1.82, 2.24) is 10.2 Å². The summed E-state index contributed by atoms with van der Waals surface area (Å²) in [6.07, 6.45) is 4.89. The van der Waals surface area contributed by atoms with Crippen molar-refractivity contribution in [2.45, 2.75) is 25.7 Å². The molecule has 1 saturated heterocycles. The number of nitrogens with zero attached hydrogens (tertiary/aromatic N) is 1. The first kappa shape index (κ1) is 16.4. The molecule has 4 nitrogen and oxygen atoms in total. The smallest absolute Gasteiger partial charge is 0.319 e. The van der Waals surface area contributed by atoms with Crippen LogP contribution in [0.15, 0.2) is 18.2 Å². The van der Waals surface area contributed by atoms with Gasteiger partial charge in [0.15, 0.2) is 0 Å². The molecular formula is C15H21Cl2N3O. The third-order valence-electron chi connectivity index (χ3n) is 3.59. The molecule has 0 radical (unpaired) electrons. The second kappa shape index (κ2) is 8.47. The second-order valence-corrected chi connectivity index (χ2v) is 6.02. The monoisotopic (exact) mass is 329 g/mol. The number of benzene rings is 1. The van der Waals surface area contributed by atoms with Gasteiger partial charge in [-0.15, -0.1) is 0 Å². The van der Waals surface area contributed by atoms with Crippen LogP contribution in [0.5, 0.6) is 0 Å². The van der Waals surface area contributed by atoms with Crippen LogP contribution in [-0.4, -0.2) is 37.1 Å². The summed E-state index contributed by atoms with van der Waals surface area (Å²) in [4.78, 5) is 14.2. The molecule has 0 bridgehead atoms. The van der Waals surface area contributed by atoms with Crippen LogP contribution in [0.3, 0.4) is 0 Å². The van der Waals surface area contributed by atoms with E-state index in [1.807, 2.05) is 0 Å². The first-order chi connectivity index (χ1) is 10.2. The summed E-state index contributed by atoms with van der Waals surface area (Å²) >= 11 is 11.9. The minimum atomic E-state index is -0.252. The number of nitrogens with one attached hydrogen (secondary N) is 2. The molecule has 1 aromatic carbocycles. The number of likely N-dealkylation sites (tertiary alicyclic amines) is 1. The molecule has 0 aromatic heterocycles. The zero-order valence-corrected chi connectivity index (χ0v) is 13.5. The zero-order valence-electron chi connectivity index (χ0n) is 12.0. The number of hydrogen-bond acceptors (Lipinski definition) is 2. The molecule has 1 aromatic rings. The molecule has 0 saturated carbocycles. The zero-order chi connectivity index (χ0) is 15.1. The Kier molecular flexibility index (Phi) is 6.61. The van der Waals surface area contributed by atoms with E-state index in [0.717, 1.165) is 13.0 Å². The summed E-state index contributed by atoms with van der Waals surface area (Å²) < 4.78 is 0. The number of amides is 2. The summed E-state index contributed by atoms with van der Waals surface area (Å²) in [5, 5.41) is 6.34. The number of hydrogen-bond donors (Lipinski definition) is 2. The van der Waals surface area contributed by atoms with Gasteiger partial charge >= 0.3 is 6.03 Å². The molecule has 0 atom stereocenters. The van der Waals surface area contributed by atoms with E-state index < -0.39 is 0 Å². The van der Waals surface area contributed by atoms with Gasteiger partial charge in [0.2, 0.25) is 0 Å². The van der Waals surface area contributed by atoms with E-state index in [4.69, 9.17) is 23.2 Å². The molecule has 0 unspecified atom stereocenters. The van der Waals surface area contributed by atoms with Crippen LogP contribution in [0.4, 0.5) is 10.5 Å². The highest BCUT2D eigenvalue weighted by Gasteiger charge is 2.10. The summed E-state index contributed by atoms with van der Waals surface area (Å²) in [7, 11) is 0. The van der Waals surface area contributed by atoms with E-state index in [9.17, 15) is 4.79 Å². The molecular weight excluding hydrogens is 309 g/mol. The average Bonchev–Trinajstić information content (AvgIpc) is 2.49. The van der Waals surface area contributed by atoms with Gasteiger partial charge in [-0.3, -0.25) is 0 Å². The van der Waals surface area contributed by atoms with E-state index >= 15 is 0 Å². The fraction of sp³-hybridized carbons (Fsp3) is 0.533. The lowest BCUT2D eigenvalue weighted by Gasteiger charge is -2.26. The summed E-state index contributed by atoms with van der Waals surface area (Å²) in [5.41, 5.74) is 0.526. The Bertz CT molecular complexity index is 476. The summed E-state index contributed by atoms with van der Waals surface area (Å²) in [6.45, 7) is 4.06. The average molecular weight is 330 g/mol. The van der Waals surface area contributed by atoms with Gasteiger partial charge < -0.3 is 15.5 Å². The van der Waals surface area contributed by atoms with Crippen LogP contribution in [0.25, 0.3) is 0 Å². The first-order valence-electron chi connectivity index (χ1n) is 7.38. The standard InChI is InChI=1S/C15H21Cl2N3O/c16-12-6-4-7-13(14(12)17)19-15(21)18-8-5-11-20-9-2-1-3-10-20/h4,6-7H,1-3,5,8-11H2,(H2,18,19,21). The van der Waals surface area contributed by atoms with Crippen molar-refractivity contribution >= 4 is 34.9 Å². The van der Waals surface area contributed by atoms with E-state index in [2.05, 4.69) is 15.5 Å². The number of piperidine rings is 1. The lowest BCUT2D eigenvalue weighted by Crippen LogP contribution is -2.34. The van der Waals surface area contributed by atoms with Gasteiger partial charge in [0, 0.05) is 6.54 Å². The lowest BCUT2D eigenvalue weighted by atomic mass is 10.1. The second-order valence-electron chi connectivity index (χ2n) is 5.24. The van der Waals surface area contributed by atoms with Crippen molar-refractivity contribution < 1.29 is 4.79 Å². The first-order valence-corrected chi connectivity index (χ1v) is 8.13. The Morgan fingerprint density at radius 2 is 1.95 bits per heavy atom. The number of carbonyl (C=O) groups is 1. The SMILES string of the molecule is O=C(NCCCN1CCCCC1)Nc1cccc(Cl)c1Cl. The maximum Gasteiger partial charge on any atom is 0.319 e. The van der Waals surface area contributed by atoms with Crippen molar-refractivity contribution in [1.29, 1.82) is 0 Å². The number of carbonyl (C=O) groups excluding carboxylic acids is 1. The highest BCUT2D eigenvalue weighted by molar-refractivity contribution is 6.43. The van der Waals surface area contributed by atoms with Crippen molar-refractivity contribution in [2.24, 2.45) is 0 Å². The normalized spacial score (nSPS) is 15.7. The topological polar surface area (TPSA) is 44.4 Å². The largest absolute Gasteiger partial charge is 0.338 e. The molecule has 1 aliphatic heterocycles. The van der Waals surface area contributed by atoms with Crippen molar-refractivity contribution in [2.75, 3.05) is 31.5 Å². The predicted octanol–water partition coefficient (Wildman–Crippen LogP) is 3.99. The van der Waals surface area contributed by atoms with E-state index in [1.54, 1.807) is 18.2 Å². The molecule has 0 spiro atoms. The van der Waals surface area contributed by atoms with Gasteiger partial charge in [0.1, 0.15) is 0 Å². The maximum atomic E-state index is 11.8. The number of halogens is 2. The third-order valence-corrected chi connectivity index (χ3v) is 4.40. The minimum absolute atomic E-state index is 0.252. The Labute approximate surface area is 135 Å². The van der Waals surface area contributed by atoms with Crippen LogP contribution in [-0.2, 0) is 0 Å². The molecule has 6 heteroatoms. The fourth-order valence-corrected chi connectivity index (χ4v) is 2.80. The predicted molar refractivity (Wildman–Crippen MR) is 88.4 cm³/mol. The molecule has 2 N–H and O–H groups in total. The minimum Gasteiger partial charge on any atom is -0.338 e. The molecule has 0 aliphatic carbocycles. The van der Waals surface area contributed by atoms with Gasteiger partial charge in [0.25, 0.3) is 0 Å². The molecule has 116 valence electrons. The Morgan fingerprint density at radius 1 is 1.19 bits per heavy atom. The Morgan fingerprint density at radius 3 is 2.71 bits per heavy atom. The van der Waals surface area contributed by atoms with E-state index in [1.165, 1.54) is 32.4 Å². The number of urea groups is 1. The fourth-order valence-electron chi connectivity index (χ4n) is 2.45. The maximum absolute atomic E-state index is 11.8. The van der Waals surface area contributed by atoms with Gasteiger partial charge in [-0.1, -0.05) is 35.7 Å². The van der Waals surface area contributed by atoms with Crippen LogP contribution in [0.2, 0.25) is 10.0 Å². The Hall–Kier alpha value is -0.970. The summed E-state index contributed by atoms with van der Waals surface area (Å²) in [5.74, 6) is 0. The van der Waals surface area contributed by atoms with Crippen molar-refractivity contribution in [3.8, 4) is 0 Å². The van der Waals surface area contributed by atoms with Gasteiger partial charge in [-0.25, -0.2) is 4.79 Å². The molecule has 1 fully saturated rings. The van der Waals surface area contributed by atoms with E-state index in [0.29, 0.717) is 22.3 Å². The van der Waals surface area contributed by atoms with Crippen LogP contribution >= 0.6 is 23.2 Å². The van der Waals surface area contributed by atoms with Gasteiger partial charge in [0.05, 0.1) is 15.7 Å². The Balaban J connectivity index is 1.66. The number of anilines is 1. The van der Waals surface area contributed by atoms with Crippen molar-refractivity contribution in [3.05, 3.63) is 28.2 Å².